The van der Waals surface area contributed by atoms with E-state index in [-0.39, 0.29) is 0 Å². The SMILES string of the molecule is Cc1ccc(-c2cocn2)s1. The van der Waals surface area contributed by atoms with Crippen molar-refractivity contribution < 1.29 is 4.42 Å². The second-order valence-corrected chi connectivity index (χ2v) is 3.57. The first-order chi connectivity index (χ1) is 5.36. The summed E-state index contributed by atoms with van der Waals surface area (Å²) in [5.41, 5.74) is 0.920. The van der Waals surface area contributed by atoms with Crippen LogP contribution in [0.1, 0.15) is 4.88 Å². The molecule has 56 valence electrons. The third-order valence-electron chi connectivity index (χ3n) is 1.43. The van der Waals surface area contributed by atoms with Crippen molar-refractivity contribution in [2.45, 2.75) is 6.92 Å². The molecule has 0 saturated heterocycles. The van der Waals surface area contributed by atoms with Crippen LogP contribution in [0.3, 0.4) is 0 Å². The van der Waals surface area contributed by atoms with E-state index in [1.807, 2.05) is 0 Å². The second-order valence-electron chi connectivity index (χ2n) is 2.28. The van der Waals surface area contributed by atoms with Crippen LogP contribution in [0.4, 0.5) is 0 Å². The van der Waals surface area contributed by atoms with Gasteiger partial charge in [-0.3, -0.25) is 0 Å². The van der Waals surface area contributed by atoms with Crippen LogP contribution < -0.4 is 0 Å². The van der Waals surface area contributed by atoms with Crippen LogP contribution in [0.25, 0.3) is 10.6 Å². The summed E-state index contributed by atoms with van der Waals surface area (Å²) in [6, 6.07) is 4.13. The molecule has 11 heavy (non-hydrogen) atoms. The van der Waals surface area contributed by atoms with Gasteiger partial charge < -0.3 is 4.42 Å². The Balaban J connectivity index is 2.45. The van der Waals surface area contributed by atoms with Gasteiger partial charge in [0, 0.05) is 4.88 Å². The van der Waals surface area contributed by atoms with E-state index in [9.17, 15) is 0 Å². The predicted molar refractivity (Wildman–Crippen MR) is 44.6 cm³/mol. The summed E-state index contributed by atoms with van der Waals surface area (Å²) in [5.74, 6) is 0. The molecule has 0 radical (unpaired) electrons. The Morgan fingerprint density at radius 2 is 2.36 bits per heavy atom. The zero-order valence-electron chi connectivity index (χ0n) is 6.07. The minimum Gasteiger partial charge on any atom is -0.451 e. The van der Waals surface area contributed by atoms with E-state index in [4.69, 9.17) is 4.42 Å². The van der Waals surface area contributed by atoms with Gasteiger partial charge in [0.2, 0.25) is 0 Å². The summed E-state index contributed by atoms with van der Waals surface area (Å²) in [6.07, 6.45) is 3.11. The number of aromatic nitrogens is 1. The molecular weight excluding hydrogens is 158 g/mol. The van der Waals surface area contributed by atoms with Crippen molar-refractivity contribution in [3.05, 3.63) is 29.7 Å². The summed E-state index contributed by atoms with van der Waals surface area (Å²) in [4.78, 5) is 6.50. The number of hydrogen-bond acceptors (Lipinski definition) is 3. The highest BCUT2D eigenvalue weighted by atomic mass is 32.1. The third-order valence-corrected chi connectivity index (χ3v) is 2.45. The van der Waals surface area contributed by atoms with Crippen molar-refractivity contribution >= 4 is 11.3 Å². The fourth-order valence-corrected chi connectivity index (χ4v) is 1.73. The maximum atomic E-state index is 4.87. The molecule has 2 rings (SSSR count). The van der Waals surface area contributed by atoms with Crippen molar-refractivity contribution in [1.29, 1.82) is 0 Å². The minimum atomic E-state index is 0.920. The zero-order valence-corrected chi connectivity index (χ0v) is 6.89. The largest absolute Gasteiger partial charge is 0.451 e. The summed E-state index contributed by atoms with van der Waals surface area (Å²) < 4.78 is 4.87. The van der Waals surface area contributed by atoms with Crippen molar-refractivity contribution in [2.24, 2.45) is 0 Å². The van der Waals surface area contributed by atoms with Crippen LogP contribution in [-0.2, 0) is 0 Å². The first kappa shape index (κ1) is 6.61. The molecule has 0 aliphatic carbocycles. The van der Waals surface area contributed by atoms with E-state index in [0.717, 1.165) is 10.6 Å². The molecular formula is C8H7NOS. The molecule has 0 saturated carbocycles. The van der Waals surface area contributed by atoms with Gasteiger partial charge >= 0.3 is 0 Å². The number of thiophene rings is 1. The topological polar surface area (TPSA) is 26.0 Å². The quantitative estimate of drug-likeness (QED) is 0.649. The second kappa shape index (κ2) is 2.51. The van der Waals surface area contributed by atoms with Gasteiger partial charge in [0.1, 0.15) is 12.0 Å². The van der Waals surface area contributed by atoms with Gasteiger partial charge in [-0.1, -0.05) is 0 Å². The fraction of sp³-hybridized carbons (Fsp3) is 0.125. The Kier molecular flexibility index (Phi) is 1.51. The van der Waals surface area contributed by atoms with Crippen molar-refractivity contribution in [2.75, 3.05) is 0 Å². The third kappa shape index (κ3) is 1.19. The summed E-state index contributed by atoms with van der Waals surface area (Å²) >= 11 is 1.72. The van der Waals surface area contributed by atoms with Crippen LogP contribution in [0, 0.1) is 6.92 Å². The lowest BCUT2D eigenvalue weighted by Crippen LogP contribution is -1.65. The molecule has 2 aromatic rings. The number of rotatable bonds is 1. The molecule has 0 aromatic carbocycles. The van der Waals surface area contributed by atoms with Gasteiger partial charge in [-0.25, -0.2) is 4.98 Å². The first-order valence-electron chi connectivity index (χ1n) is 3.31. The van der Waals surface area contributed by atoms with Gasteiger partial charge in [-0.15, -0.1) is 11.3 Å². The normalized spacial score (nSPS) is 10.3. The van der Waals surface area contributed by atoms with E-state index in [1.165, 1.54) is 11.3 Å². The first-order valence-corrected chi connectivity index (χ1v) is 4.13. The van der Waals surface area contributed by atoms with Crippen molar-refractivity contribution in [1.82, 2.24) is 4.98 Å². The highest BCUT2D eigenvalue weighted by molar-refractivity contribution is 7.15. The van der Waals surface area contributed by atoms with Gasteiger partial charge in [0.15, 0.2) is 6.39 Å². The lowest BCUT2D eigenvalue weighted by molar-refractivity contribution is 0.558. The number of hydrogen-bond donors (Lipinski definition) is 0. The summed E-state index contributed by atoms with van der Waals surface area (Å²) in [7, 11) is 0. The summed E-state index contributed by atoms with van der Waals surface area (Å²) in [6.45, 7) is 2.08. The average Bonchev–Trinajstić information content (AvgIpc) is 2.55. The van der Waals surface area contributed by atoms with E-state index in [1.54, 1.807) is 17.6 Å². The molecule has 0 N–H and O–H groups in total. The maximum absolute atomic E-state index is 4.87. The molecule has 0 spiro atoms. The molecule has 0 fully saturated rings. The van der Waals surface area contributed by atoms with E-state index in [2.05, 4.69) is 24.0 Å². The standard InChI is InChI=1S/C8H7NOS/c1-6-2-3-8(11-6)7-4-10-5-9-7/h2-5H,1H3. The Hall–Kier alpha value is -1.09. The Morgan fingerprint density at radius 3 is 2.91 bits per heavy atom. The Bertz CT molecular complexity index is 337. The summed E-state index contributed by atoms with van der Waals surface area (Å²) in [5, 5.41) is 0. The number of aryl methyl sites for hydroxylation is 1. The number of nitrogens with zero attached hydrogens (tertiary/aromatic N) is 1. The molecule has 0 amide bonds. The molecule has 0 atom stereocenters. The number of oxazole rings is 1. The molecule has 0 unspecified atom stereocenters. The van der Waals surface area contributed by atoms with Gasteiger partial charge in [-0.2, -0.15) is 0 Å². The highest BCUT2D eigenvalue weighted by Gasteiger charge is 2.01. The smallest absolute Gasteiger partial charge is 0.181 e. The van der Waals surface area contributed by atoms with Crippen molar-refractivity contribution in [3.8, 4) is 10.6 Å². The van der Waals surface area contributed by atoms with Crippen LogP contribution in [-0.4, -0.2) is 4.98 Å². The monoisotopic (exact) mass is 165 g/mol. The molecule has 3 heteroatoms. The van der Waals surface area contributed by atoms with E-state index >= 15 is 0 Å². The predicted octanol–water partition coefficient (Wildman–Crippen LogP) is 2.71. The van der Waals surface area contributed by atoms with E-state index in [0.29, 0.717) is 0 Å². The fourth-order valence-electron chi connectivity index (χ4n) is 0.906. The lowest BCUT2D eigenvalue weighted by atomic mass is 10.4. The zero-order chi connectivity index (χ0) is 7.68. The van der Waals surface area contributed by atoms with Crippen molar-refractivity contribution in [3.63, 3.8) is 0 Å². The van der Waals surface area contributed by atoms with Crippen LogP contribution in [0.2, 0.25) is 0 Å². The molecule has 0 aliphatic rings. The molecule has 2 heterocycles. The van der Waals surface area contributed by atoms with Crippen LogP contribution in [0.5, 0.6) is 0 Å². The average molecular weight is 165 g/mol. The maximum Gasteiger partial charge on any atom is 0.181 e. The van der Waals surface area contributed by atoms with Crippen LogP contribution >= 0.6 is 11.3 Å². The Labute approximate surface area is 68.5 Å². The molecule has 0 aliphatic heterocycles. The molecule has 0 bridgehead atoms. The molecule has 2 aromatic heterocycles. The van der Waals surface area contributed by atoms with E-state index < -0.39 is 0 Å². The van der Waals surface area contributed by atoms with Gasteiger partial charge in [0.25, 0.3) is 0 Å². The Morgan fingerprint density at radius 1 is 1.45 bits per heavy atom. The van der Waals surface area contributed by atoms with Gasteiger partial charge in [-0.05, 0) is 19.1 Å². The van der Waals surface area contributed by atoms with Crippen LogP contribution in [0.15, 0.2) is 29.2 Å². The molecule has 2 nitrogen and oxygen atoms in total. The minimum absolute atomic E-state index is 0.920. The highest BCUT2D eigenvalue weighted by Crippen LogP contribution is 2.25. The lowest BCUT2D eigenvalue weighted by Gasteiger charge is -1.83. The van der Waals surface area contributed by atoms with Gasteiger partial charge in [0.05, 0.1) is 4.88 Å².